The van der Waals surface area contributed by atoms with E-state index in [2.05, 4.69) is 0 Å². The number of nitrogens with one attached hydrogen (secondary N) is 1. The molecule has 7 heteroatoms. The van der Waals surface area contributed by atoms with Gasteiger partial charge in [0.15, 0.2) is 0 Å². The maximum Gasteiger partial charge on any atom is 0.389 e. The lowest BCUT2D eigenvalue weighted by atomic mass is 10.2. The molecule has 1 amide bonds. The normalized spacial score (nSPS) is 13.3. The molecule has 0 rings (SSSR count). The zero-order valence-electron chi connectivity index (χ0n) is 8.10. The van der Waals surface area contributed by atoms with Crippen LogP contribution >= 0.6 is 0 Å². The van der Waals surface area contributed by atoms with E-state index < -0.39 is 36.9 Å². The Hall–Kier alpha value is -1.27. The zero-order valence-corrected chi connectivity index (χ0v) is 8.10. The third-order valence-corrected chi connectivity index (χ3v) is 1.68. The Bertz CT molecular complexity index is 240. The SMILES string of the molecule is CCC(NC(=O)CCC(F)(F)F)C(=O)O. The number of rotatable bonds is 5. The van der Waals surface area contributed by atoms with Crippen LogP contribution in [0.15, 0.2) is 0 Å². The molecular weight excluding hydrogens is 215 g/mol. The molecule has 88 valence electrons. The van der Waals surface area contributed by atoms with Gasteiger partial charge >= 0.3 is 12.1 Å². The van der Waals surface area contributed by atoms with Gasteiger partial charge in [-0.2, -0.15) is 13.2 Å². The maximum absolute atomic E-state index is 11.7. The van der Waals surface area contributed by atoms with Crippen molar-refractivity contribution in [1.82, 2.24) is 5.32 Å². The van der Waals surface area contributed by atoms with Crippen molar-refractivity contribution in [3.63, 3.8) is 0 Å². The van der Waals surface area contributed by atoms with Gasteiger partial charge in [0, 0.05) is 6.42 Å². The fourth-order valence-corrected chi connectivity index (χ4v) is 0.860. The van der Waals surface area contributed by atoms with E-state index in [4.69, 9.17) is 5.11 Å². The molecule has 0 aromatic rings. The van der Waals surface area contributed by atoms with Gasteiger partial charge < -0.3 is 10.4 Å². The van der Waals surface area contributed by atoms with Crippen molar-refractivity contribution in [2.45, 2.75) is 38.4 Å². The van der Waals surface area contributed by atoms with Crippen LogP contribution in [-0.4, -0.2) is 29.2 Å². The summed E-state index contributed by atoms with van der Waals surface area (Å²) in [6, 6.07) is -1.12. The Morgan fingerprint density at radius 3 is 2.27 bits per heavy atom. The number of carbonyl (C=O) groups is 2. The van der Waals surface area contributed by atoms with E-state index in [1.807, 2.05) is 5.32 Å². The molecule has 0 heterocycles. The molecule has 0 fully saturated rings. The quantitative estimate of drug-likeness (QED) is 0.744. The molecule has 0 radical (unpaired) electrons. The first-order chi connectivity index (χ1) is 6.76. The molecular formula is C8H12F3NO3. The van der Waals surface area contributed by atoms with Crippen LogP contribution in [0.2, 0.25) is 0 Å². The van der Waals surface area contributed by atoms with Crippen LogP contribution in [0, 0.1) is 0 Å². The fraction of sp³-hybridized carbons (Fsp3) is 0.750. The maximum atomic E-state index is 11.7. The average Bonchev–Trinajstić information content (AvgIpc) is 2.09. The summed E-state index contributed by atoms with van der Waals surface area (Å²) in [6.45, 7) is 1.52. The van der Waals surface area contributed by atoms with Gasteiger partial charge in [-0.3, -0.25) is 4.79 Å². The molecule has 0 bridgehead atoms. The van der Waals surface area contributed by atoms with Gasteiger partial charge in [-0.25, -0.2) is 4.79 Å². The van der Waals surface area contributed by atoms with Crippen LogP contribution in [0.25, 0.3) is 0 Å². The Balaban J connectivity index is 3.98. The molecule has 0 aliphatic heterocycles. The number of carbonyl (C=O) groups excluding carboxylic acids is 1. The minimum Gasteiger partial charge on any atom is -0.480 e. The topological polar surface area (TPSA) is 66.4 Å². The lowest BCUT2D eigenvalue weighted by molar-refractivity contribution is -0.146. The molecule has 1 atom stereocenters. The summed E-state index contributed by atoms with van der Waals surface area (Å²) in [6.07, 6.45) is -6.25. The number of carboxylic acids is 1. The summed E-state index contributed by atoms with van der Waals surface area (Å²) < 4.78 is 35.1. The Morgan fingerprint density at radius 2 is 1.93 bits per heavy atom. The van der Waals surface area contributed by atoms with Gasteiger partial charge in [0.2, 0.25) is 5.91 Å². The van der Waals surface area contributed by atoms with E-state index in [0.717, 1.165) is 0 Å². The molecule has 0 aliphatic carbocycles. The van der Waals surface area contributed by atoms with Crippen LogP contribution < -0.4 is 5.32 Å². The van der Waals surface area contributed by atoms with Crippen LogP contribution in [0.1, 0.15) is 26.2 Å². The van der Waals surface area contributed by atoms with E-state index in [-0.39, 0.29) is 6.42 Å². The van der Waals surface area contributed by atoms with Crippen molar-refractivity contribution in [2.24, 2.45) is 0 Å². The Kier molecular flexibility index (Phi) is 5.10. The Morgan fingerprint density at radius 1 is 1.40 bits per heavy atom. The molecule has 0 spiro atoms. The molecule has 1 unspecified atom stereocenters. The highest BCUT2D eigenvalue weighted by molar-refractivity contribution is 5.83. The smallest absolute Gasteiger partial charge is 0.389 e. The summed E-state index contributed by atoms with van der Waals surface area (Å²) in [5, 5.41) is 10.5. The van der Waals surface area contributed by atoms with Gasteiger partial charge in [-0.05, 0) is 6.42 Å². The molecule has 0 aliphatic rings. The van der Waals surface area contributed by atoms with Gasteiger partial charge in [-0.15, -0.1) is 0 Å². The molecule has 15 heavy (non-hydrogen) atoms. The molecule has 0 aromatic heterocycles. The van der Waals surface area contributed by atoms with Crippen molar-refractivity contribution >= 4 is 11.9 Å². The highest BCUT2D eigenvalue weighted by atomic mass is 19.4. The zero-order chi connectivity index (χ0) is 12.1. The van der Waals surface area contributed by atoms with Gasteiger partial charge in [0.25, 0.3) is 0 Å². The van der Waals surface area contributed by atoms with Crippen LogP contribution in [-0.2, 0) is 9.59 Å². The van der Waals surface area contributed by atoms with Gasteiger partial charge in [0.1, 0.15) is 6.04 Å². The number of amides is 1. The largest absolute Gasteiger partial charge is 0.480 e. The predicted molar refractivity (Wildman–Crippen MR) is 45.1 cm³/mol. The first-order valence-electron chi connectivity index (χ1n) is 4.35. The second-order valence-corrected chi connectivity index (χ2v) is 2.98. The summed E-state index contributed by atoms with van der Waals surface area (Å²) in [7, 11) is 0. The van der Waals surface area contributed by atoms with E-state index in [9.17, 15) is 22.8 Å². The third kappa shape index (κ3) is 6.75. The lowest BCUT2D eigenvalue weighted by Gasteiger charge is -2.12. The summed E-state index contributed by atoms with van der Waals surface area (Å²) in [4.78, 5) is 21.3. The van der Waals surface area contributed by atoms with E-state index in [1.165, 1.54) is 6.92 Å². The third-order valence-electron chi connectivity index (χ3n) is 1.68. The minimum absolute atomic E-state index is 0.132. The predicted octanol–water partition coefficient (Wildman–Crippen LogP) is 1.31. The number of alkyl halides is 3. The molecule has 4 nitrogen and oxygen atoms in total. The molecule has 0 saturated heterocycles. The second-order valence-electron chi connectivity index (χ2n) is 2.98. The van der Waals surface area contributed by atoms with Crippen molar-refractivity contribution < 1.29 is 27.9 Å². The molecule has 0 aromatic carbocycles. The summed E-state index contributed by atoms with van der Waals surface area (Å²) in [5.74, 6) is -2.15. The van der Waals surface area contributed by atoms with E-state index in [0.29, 0.717) is 0 Å². The second kappa shape index (κ2) is 5.57. The van der Waals surface area contributed by atoms with E-state index in [1.54, 1.807) is 0 Å². The highest BCUT2D eigenvalue weighted by Gasteiger charge is 2.28. The van der Waals surface area contributed by atoms with Crippen molar-refractivity contribution in [3.8, 4) is 0 Å². The van der Waals surface area contributed by atoms with Crippen molar-refractivity contribution in [1.29, 1.82) is 0 Å². The monoisotopic (exact) mass is 227 g/mol. The minimum atomic E-state index is -4.40. The average molecular weight is 227 g/mol. The Labute approximate surface area is 84.5 Å². The van der Waals surface area contributed by atoms with Crippen LogP contribution in [0.5, 0.6) is 0 Å². The number of hydrogen-bond acceptors (Lipinski definition) is 2. The number of aliphatic carboxylic acids is 1. The van der Waals surface area contributed by atoms with E-state index >= 15 is 0 Å². The lowest BCUT2D eigenvalue weighted by Crippen LogP contribution is -2.40. The van der Waals surface area contributed by atoms with Crippen molar-refractivity contribution in [3.05, 3.63) is 0 Å². The van der Waals surface area contributed by atoms with Gasteiger partial charge in [0.05, 0.1) is 6.42 Å². The number of carboxylic acid groups (broad SMARTS) is 1. The first kappa shape index (κ1) is 13.7. The number of hydrogen-bond donors (Lipinski definition) is 2. The first-order valence-corrected chi connectivity index (χ1v) is 4.35. The van der Waals surface area contributed by atoms with Crippen molar-refractivity contribution in [2.75, 3.05) is 0 Å². The van der Waals surface area contributed by atoms with Crippen LogP contribution in [0.4, 0.5) is 13.2 Å². The number of halogens is 3. The highest BCUT2D eigenvalue weighted by Crippen LogP contribution is 2.21. The fourth-order valence-electron chi connectivity index (χ4n) is 0.860. The molecule has 2 N–H and O–H groups in total. The van der Waals surface area contributed by atoms with Gasteiger partial charge in [-0.1, -0.05) is 6.92 Å². The standard InChI is InChI=1S/C8H12F3NO3/c1-2-5(7(14)15)12-6(13)3-4-8(9,10)11/h5H,2-4H2,1H3,(H,12,13)(H,14,15). The molecule has 0 saturated carbocycles. The summed E-state index contributed by atoms with van der Waals surface area (Å²) >= 11 is 0. The van der Waals surface area contributed by atoms with Crippen LogP contribution in [0.3, 0.4) is 0 Å². The summed E-state index contributed by atoms with van der Waals surface area (Å²) in [5.41, 5.74) is 0.